The molecule has 0 saturated carbocycles. The summed E-state index contributed by atoms with van der Waals surface area (Å²) in [6, 6.07) is 0. The molecule has 474 valence electrons. The Hall–Kier alpha value is -2.63. The van der Waals surface area contributed by atoms with Gasteiger partial charge < -0.3 is 14.2 Å². The number of esters is 3. The molecule has 0 aromatic heterocycles. The first kappa shape index (κ1) is 78.4. The van der Waals surface area contributed by atoms with Crippen molar-refractivity contribution in [2.75, 3.05) is 13.2 Å². The summed E-state index contributed by atoms with van der Waals surface area (Å²) >= 11 is 0. The molecule has 0 radical (unpaired) electrons. The smallest absolute Gasteiger partial charge is 0.306 e. The van der Waals surface area contributed by atoms with E-state index in [1.165, 1.54) is 270 Å². The van der Waals surface area contributed by atoms with Crippen LogP contribution < -0.4 is 0 Å². The van der Waals surface area contributed by atoms with Crippen LogP contribution in [0.5, 0.6) is 0 Å². The zero-order chi connectivity index (χ0) is 58.5. The highest BCUT2D eigenvalue weighted by Crippen LogP contribution is 2.19. The molecule has 0 amide bonds. The van der Waals surface area contributed by atoms with Gasteiger partial charge in [-0.2, -0.15) is 0 Å². The molecule has 0 saturated heterocycles. The fraction of sp³-hybridized carbons (Fsp3) is 0.853. The molecule has 1 unspecified atom stereocenters. The van der Waals surface area contributed by atoms with Crippen LogP contribution in [0, 0.1) is 0 Å². The summed E-state index contributed by atoms with van der Waals surface area (Å²) in [5, 5.41) is 0. The monoisotopic (exact) mass is 1140 g/mol. The minimum Gasteiger partial charge on any atom is -0.462 e. The maximum Gasteiger partial charge on any atom is 0.306 e. The molecule has 0 rings (SSSR count). The van der Waals surface area contributed by atoms with Gasteiger partial charge in [-0.1, -0.05) is 365 Å². The average Bonchev–Trinajstić information content (AvgIpc) is 3.47. The van der Waals surface area contributed by atoms with Gasteiger partial charge in [-0.25, -0.2) is 0 Å². The van der Waals surface area contributed by atoms with E-state index in [1.807, 2.05) is 0 Å². The molecule has 0 aliphatic carbocycles. The number of carbonyl (C=O) groups is 3. The third-order valence-corrected chi connectivity index (χ3v) is 16.3. The van der Waals surface area contributed by atoms with Gasteiger partial charge in [-0.3, -0.25) is 14.4 Å². The maximum atomic E-state index is 12.9. The normalized spacial score (nSPS) is 12.3. The van der Waals surface area contributed by atoms with Crippen molar-refractivity contribution in [3.05, 3.63) is 48.6 Å². The minimum absolute atomic E-state index is 0.0652. The SMILES string of the molecule is CC/C=C\C/C=C\C/C=C\C/C=C\CCCCCCCCCCCCCCCCCCCCC(=O)OCC(COC(=O)CCCCCCCCCCCC)OC(=O)CCCCCCCCCCCCCCCCCCCCCCCC. The molecule has 81 heavy (non-hydrogen) atoms. The fourth-order valence-corrected chi connectivity index (χ4v) is 11.0. The van der Waals surface area contributed by atoms with E-state index in [4.69, 9.17) is 14.2 Å². The maximum absolute atomic E-state index is 12.9. The molecule has 0 fully saturated rings. The number of allylic oxidation sites excluding steroid dienone is 8. The Morgan fingerprint density at radius 2 is 0.481 bits per heavy atom. The van der Waals surface area contributed by atoms with Gasteiger partial charge in [-0.15, -0.1) is 0 Å². The summed E-state index contributed by atoms with van der Waals surface area (Å²) in [5.41, 5.74) is 0. The van der Waals surface area contributed by atoms with Crippen LogP contribution in [-0.2, 0) is 28.6 Å². The lowest BCUT2D eigenvalue weighted by molar-refractivity contribution is -0.167. The van der Waals surface area contributed by atoms with Gasteiger partial charge >= 0.3 is 17.9 Å². The Morgan fingerprint density at radius 1 is 0.259 bits per heavy atom. The first-order valence-electron chi connectivity index (χ1n) is 36.1. The fourth-order valence-electron chi connectivity index (χ4n) is 11.0. The van der Waals surface area contributed by atoms with Crippen molar-refractivity contribution in [2.45, 2.75) is 399 Å². The third-order valence-electron chi connectivity index (χ3n) is 16.3. The van der Waals surface area contributed by atoms with Gasteiger partial charge in [0.2, 0.25) is 0 Å². The first-order valence-corrected chi connectivity index (χ1v) is 36.1. The van der Waals surface area contributed by atoms with Gasteiger partial charge in [0.15, 0.2) is 6.10 Å². The summed E-state index contributed by atoms with van der Waals surface area (Å²) < 4.78 is 17.0. The van der Waals surface area contributed by atoms with Crippen LogP contribution in [-0.4, -0.2) is 37.2 Å². The van der Waals surface area contributed by atoms with Crippen molar-refractivity contribution in [1.82, 2.24) is 0 Å². The number of hydrogen-bond acceptors (Lipinski definition) is 6. The molecule has 0 aliphatic heterocycles. The van der Waals surface area contributed by atoms with E-state index in [9.17, 15) is 14.4 Å². The van der Waals surface area contributed by atoms with E-state index >= 15 is 0 Å². The van der Waals surface area contributed by atoms with Crippen molar-refractivity contribution in [3.8, 4) is 0 Å². The highest BCUT2D eigenvalue weighted by molar-refractivity contribution is 5.71. The van der Waals surface area contributed by atoms with Crippen LogP contribution in [0.25, 0.3) is 0 Å². The van der Waals surface area contributed by atoms with Crippen molar-refractivity contribution in [1.29, 1.82) is 0 Å². The molecule has 0 bridgehead atoms. The highest BCUT2D eigenvalue weighted by atomic mass is 16.6. The van der Waals surface area contributed by atoms with Gasteiger partial charge in [0, 0.05) is 19.3 Å². The summed E-state index contributed by atoms with van der Waals surface area (Å²) in [6.07, 6.45) is 88.8. The van der Waals surface area contributed by atoms with Crippen LogP contribution in [0.3, 0.4) is 0 Å². The van der Waals surface area contributed by atoms with Crippen molar-refractivity contribution >= 4 is 17.9 Å². The standard InChI is InChI=1S/C75H138O6/c1-4-7-10-13-16-19-22-24-26-28-30-32-34-35-36-37-38-39-40-41-42-44-45-47-49-51-53-56-59-62-65-68-74(77)80-71-72(70-79-73(76)67-64-61-58-55-21-18-15-12-9-6-3)81-75(78)69-66-63-60-57-54-52-50-48-46-43-33-31-29-27-25-23-20-17-14-11-8-5-2/h7,10,16,19,24,26,30,32,72H,4-6,8-9,11-15,17-18,20-23,25,27-29,31,33-71H2,1-3H3/b10-7-,19-16-,26-24-,32-30-. The highest BCUT2D eigenvalue weighted by Gasteiger charge is 2.19. The summed E-state index contributed by atoms with van der Waals surface area (Å²) in [4.78, 5) is 38.3. The Morgan fingerprint density at radius 3 is 0.753 bits per heavy atom. The molecular weight excluding hydrogens is 997 g/mol. The number of ether oxygens (including phenoxy) is 3. The predicted molar refractivity (Wildman–Crippen MR) is 353 cm³/mol. The summed E-state index contributed by atoms with van der Waals surface area (Å²) in [7, 11) is 0. The number of carbonyl (C=O) groups excluding carboxylic acids is 3. The van der Waals surface area contributed by atoms with Gasteiger partial charge in [0.1, 0.15) is 13.2 Å². The second-order valence-electron chi connectivity index (χ2n) is 24.5. The second kappa shape index (κ2) is 69.9. The molecule has 0 aliphatic rings. The quantitative estimate of drug-likeness (QED) is 0.0261. The Balaban J connectivity index is 4.09. The number of hydrogen-bond donors (Lipinski definition) is 0. The number of unbranched alkanes of at least 4 members (excludes halogenated alkanes) is 48. The van der Waals surface area contributed by atoms with Crippen molar-refractivity contribution in [2.24, 2.45) is 0 Å². The molecule has 0 spiro atoms. The predicted octanol–water partition coefficient (Wildman–Crippen LogP) is 24.9. The lowest BCUT2D eigenvalue weighted by Gasteiger charge is -2.18. The van der Waals surface area contributed by atoms with E-state index in [-0.39, 0.29) is 31.1 Å². The van der Waals surface area contributed by atoms with Crippen LogP contribution in [0.2, 0.25) is 0 Å². The van der Waals surface area contributed by atoms with Gasteiger partial charge in [0.05, 0.1) is 0 Å². The lowest BCUT2D eigenvalue weighted by Crippen LogP contribution is -2.30. The van der Waals surface area contributed by atoms with Gasteiger partial charge in [-0.05, 0) is 57.8 Å². The second-order valence-corrected chi connectivity index (χ2v) is 24.5. The van der Waals surface area contributed by atoms with Crippen LogP contribution in [0.4, 0.5) is 0 Å². The van der Waals surface area contributed by atoms with Gasteiger partial charge in [0.25, 0.3) is 0 Å². The molecular formula is C75H138O6. The minimum atomic E-state index is -0.767. The van der Waals surface area contributed by atoms with E-state index in [1.54, 1.807) is 0 Å². The lowest BCUT2D eigenvalue weighted by atomic mass is 10.0. The van der Waals surface area contributed by atoms with Crippen LogP contribution >= 0.6 is 0 Å². The van der Waals surface area contributed by atoms with Crippen molar-refractivity contribution in [3.63, 3.8) is 0 Å². The molecule has 0 heterocycles. The third kappa shape index (κ3) is 68.0. The van der Waals surface area contributed by atoms with Crippen molar-refractivity contribution < 1.29 is 28.6 Å². The summed E-state index contributed by atoms with van der Waals surface area (Å²) in [6.45, 7) is 6.59. The zero-order valence-electron chi connectivity index (χ0n) is 54.6. The Kier molecular flexibility index (Phi) is 67.6. The van der Waals surface area contributed by atoms with E-state index < -0.39 is 6.10 Å². The molecule has 6 nitrogen and oxygen atoms in total. The topological polar surface area (TPSA) is 78.9 Å². The molecule has 0 aromatic carbocycles. The van der Waals surface area contributed by atoms with Crippen LogP contribution in [0.15, 0.2) is 48.6 Å². The largest absolute Gasteiger partial charge is 0.462 e. The molecule has 6 heteroatoms. The first-order chi connectivity index (χ1) is 40.0. The van der Waals surface area contributed by atoms with Crippen LogP contribution in [0.1, 0.15) is 393 Å². The Labute approximate surface area is 505 Å². The average molecular weight is 1140 g/mol. The molecule has 0 N–H and O–H groups in total. The molecule has 0 aromatic rings. The number of rotatable bonds is 67. The van der Waals surface area contributed by atoms with E-state index in [0.717, 1.165) is 83.5 Å². The van der Waals surface area contributed by atoms with E-state index in [0.29, 0.717) is 19.3 Å². The summed E-state index contributed by atoms with van der Waals surface area (Å²) in [5.74, 6) is -0.836. The Bertz CT molecular complexity index is 1400. The molecule has 1 atom stereocenters. The zero-order valence-corrected chi connectivity index (χ0v) is 54.6. The van der Waals surface area contributed by atoms with E-state index in [2.05, 4.69) is 69.4 Å².